The van der Waals surface area contributed by atoms with Crippen molar-refractivity contribution >= 4 is 17.9 Å². The molecule has 0 aliphatic carbocycles. The topological polar surface area (TPSA) is 78.9 Å². The first-order valence-electron chi connectivity index (χ1n) is 29.4. The Morgan fingerprint density at radius 3 is 0.915 bits per heavy atom. The molecule has 0 aromatic carbocycles. The van der Waals surface area contributed by atoms with Crippen LogP contribution in [-0.2, 0) is 28.6 Å². The lowest BCUT2D eigenvalue weighted by Crippen LogP contribution is -2.30. The molecule has 0 aromatic rings. The highest BCUT2D eigenvalue weighted by molar-refractivity contribution is 5.71. The van der Waals surface area contributed by atoms with Crippen LogP contribution in [0.3, 0.4) is 0 Å². The van der Waals surface area contributed by atoms with Gasteiger partial charge in [0.2, 0.25) is 0 Å². The van der Waals surface area contributed by atoms with Gasteiger partial charge in [-0.25, -0.2) is 0 Å². The van der Waals surface area contributed by atoms with E-state index in [-0.39, 0.29) is 31.1 Å². The molecule has 0 saturated carbocycles. The first kappa shape index (κ1) is 67.1. The van der Waals surface area contributed by atoms with Gasteiger partial charge < -0.3 is 14.2 Å². The molecule has 0 aliphatic heterocycles. The molecular weight excluding hydrogens is 877 g/mol. The van der Waals surface area contributed by atoms with E-state index in [1.165, 1.54) is 103 Å². The molecule has 0 fully saturated rings. The molecule has 0 saturated heterocycles. The number of hydrogen-bond donors (Lipinski definition) is 0. The lowest BCUT2D eigenvalue weighted by Gasteiger charge is -2.18. The molecule has 0 rings (SSSR count). The zero-order chi connectivity index (χ0) is 51.4. The van der Waals surface area contributed by atoms with Crippen LogP contribution in [0.15, 0.2) is 109 Å². The summed E-state index contributed by atoms with van der Waals surface area (Å²) >= 11 is 0. The molecule has 404 valence electrons. The molecule has 71 heavy (non-hydrogen) atoms. The largest absolute Gasteiger partial charge is 0.462 e. The van der Waals surface area contributed by atoms with Gasteiger partial charge in [-0.3, -0.25) is 14.4 Å². The number of esters is 3. The lowest BCUT2D eigenvalue weighted by atomic mass is 10.1. The SMILES string of the molecule is CC/C=C\C/C=C\C/C=C\C/C=C\C/C=C\CCCCCC(=O)OC[C@H](COC(=O)CCCCCCCCC/C=C\CCCCCCCC)OC(=O)CCCCCC/C=C\C/C=C\C/C=C\CCCCC. The van der Waals surface area contributed by atoms with Crippen molar-refractivity contribution in [1.82, 2.24) is 0 Å². The first-order chi connectivity index (χ1) is 35.0. The minimum absolute atomic E-state index is 0.101. The summed E-state index contributed by atoms with van der Waals surface area (Å²) in [5, 5.41) is 0. The van der Waals surface area contributed by atoms with E-state index in [2.05, 4.69) is 130 Å². The number of carbonyl (C=O) groups is 3. The minimum atomic E-state index is -0.808. The fourth-order valence-corrected chi connectivity index (χ4v) is 7.82. The highest BCUT2D eigenvalue weighted by atomic mass is 16.6. The van der Waals surface area contributed by atoms with Crippen molar-refractivity contribution in [2.75, 3.05) is 13.2 Å². The van der Waals surface area contributed by atoms with Crippen LogP contribution in [0.5, 0.6) is 0 Å². The lowest BCUT2D eigenvalue weighted by molar-refractivity contribution is -0.167. The van der Waals surface area contributed by atoms with Crippen molar-refractivity contribution in [3.63, 3.8) is 0 Å². The molecule has 6 heteroatoms. The zero-order valence-electron chi connectivity index (χ0n) is 46.2. The van der Waals surface area contributed by atoms with Gasteiger partial charge in [0.1, 0.15) is 13.2 Å². The molecular formula is C65H108O6. The van der Waals surface area contributed by atoms with Crippen LogP contribution in [0.1, 0.15) is 265 Å². The summed E-state index contributed by atoms with van der Waals surface area (Å²) in [6.07, 6.45) is 79.3. The second-order valence-corrected chi connectivity index (χ2v) is 19.2. The van der Waals surface area contributed by atoms with Crippen LogP contribution in [0.25, 0.3) is 0 Å². The Hall–Kier alpha value is -3.93. The highest BCUT2D eigenvalue weighted by Crippen LogP contribution is 2.14. The van der Waals surface area contributed by atoms with E-state index in [1.54, 1.807) is 0 Å². The fourth-order valence-electron chi connectivity index (χ4n) is 7.82. The number of carbonyl (C=O) groups excluding carboxylic acids is 3. The average Bonchev–Trinajstić information content (AvgIpc) is 3.37. The average molecular weight is 986 g/mol. The van der Waals surface area contributed by atoms with E-state index in [9.17, 15) is 14.4 Å². The van der Waals surface area contributed by atoms with Crippen molar-refractivity contribution in [3.8, 4) is 0 Å². The quantitative estimate of drug-likeness (QED) is 0.0261. The molecule has 0 bridgehead atoms. The third-order valence-electron chi connectivity index (χ3n) is 12.2. The van der Waals surface area contributed by atoms with Crippen molar-refractivity contribution in [3.05, 3.63) is 109 Å². The second-order valence-electron chi connectivity index (χ2n) is 19.2. The molecule has 1 atom stereocenters. The molecule has 0 radical (unpaired) electrons. The predicted octanol–water partition coefficient (Wildman–Crippen LogP) is 19.9. The number of ether oxygens (including phenoxy) is 3. The van der Waals surface area contributed by atoms with E-state index < -0.39 is 6.10 Å². The maximum atomic E-state index is 12.9. The minimum Gasteiger partial charge on any atom is -0.462 e. The second kappa shape index (κ2) is 58.6. The summed E-state index contributed by atoms with van der Waals surface area (Å²) in [7, 11) is 0. The first-order valence-corrected chi connectivity index (χ1v) is 29.4. The summed E-state index contributed by atoms with van der Waals surface area (Å²) in [5.41, 5.74) is 0. The van der Waals surface area contributed by atoms with Gasteiger partial charge in [-0.15, -0.1) is 0 Å². The van der Waals surface area contributed by atoms with Gasteiger partial charge in [-0.1, -0.05) is 226 Å². The van der Waals surface area contributed by atoms with Crippen LogP contribution >= 0.6 is 0 Å². The van der Waals surface area contributed by atoms with E-state index >= 15 is 0 Å². The molecule has 0 spiro atoms. The van der Waals surface area contributed by atoms with Gasteiger partial charge in [0.05, 0.1) is 0 Å². The third kappa shape index (κ3) is 56.9. The Morgan fingerprint density at radius 1 is 0.296 bits per heavy atom. The van der Waals surface area contributed by atoms with E-state index in [1.807, 2.05) is 0 Å². The summed E-state index contributed by atoms with van der Waals surface area (Å²) in [6.45, 7) is 6.45. The Labute approximate surface area is 438 Å². The van der Waals surface area contributed by atoms with Crippen LogP contribution in [0.4, 0.5) is 0 Å². The van der Waals surface area contributed by atoms with Crippen molar-refractivity contribution in [2.24, 2.45) is 0 Å². The third-order valence-corrected chi connectivity index (χ3v) is 12.2. The summed E-state index contributed by atoms with van der Waals surface area (Å²) < 4.78 is 16.8. The highest BCUT2D eigenvalue weighted by Gasteiger charge is 2.19. The number of unbranched alkanes of at least 4 members (excludes halogenated alkanes) is 23. The van der Waals surface area contributed by atoms with Crippen molar-refractivity contribution in [2.45, 2.75) is 271 Å². The fraction of sp³-hybridized carbons (Fsp3) is 0.677. The zero-order valence-corrected chi connectivity index (χ0v) is 46.2. The van der Waals surface area contributed by atoms with Gasteiger partial charge in [-0.2, -0.15) is 0 Å². The molecule has 0 amide bonds. The number of allylic oxidation sites excluding steroid dienone is 18. The van der Waals surface area contributed by atoms with E-state index in [4.69, 9.17) is 14.2 Å². The van der Waals surface area contributed by atoms with Gasteiger partial charge >= 0.3 is 17.9 Å². The summed E-state index contributed by atoms with van der Waals surface area (Å²) in [6, 6.07) is 0. The van der Waals surface area contributed by atoms with Gasteiger partial charge in [0.15, 0.2) is 6.10 Å². The molecule has 6 nitrogen and oxygen atoms in total. The Kier molecular flexibility index (Phi) is 55.4. The standard InChI is InChI=1S/C65H108O6/c1-4-7-10-13-16-19-22-25-28-31-32-35-37-40-43-46-49-52-55-58-64(67)70-61-62(71-65(68)59-56-53-50-47-44-41-38-34-30-27-24-21-18-15-12-9-6-3)60-69-63(66)57-54-51-48-45-42-39-36-33-29-26-23-20-17-14-11-8-5-2/h7,10,16,18-19,21,25-30,32,35,38,40-41,43,62H,4-6,8-9,11-15,17,20,22-24,31,33-34,36-37,39,42,44-61H2,1-3H3/b10-7-,19-16-,21-18-,28-25-,29-26-,30-27-,35-32-,41-38-,43-40-/t62-/m0/s1. The molecule has 0 aliphatic rings. The Bertz CT molecular complexity index is 1460. The Balaban J connectivity index is 4.51. The predicted molar refractivity (Wildman–Crippen MR) is 307 cm³/mol. The normalized spacial score (nSPS) is 12.9. The number of hydrogen-bond acceptors (Lipinski definition) is 6. The van der Waals surface area contributed by atoms with Crippen LogP contribution in [0.2, 0.25) is 0 Å². The molecule has 0 N–H and O–H groups in total. The van der Waals surface area contributed by atoms with Gasteiger partial charge in [0, 0.05) is 19.3 Å². The van der Waals surface area contributed by atoms with Crippen LogP contribution < -0.4 is 0 Å². The van der Waals surface area contributed by atoms with Crippen LogP contribution in [0, 0.1) is 0 Å². The molecule has 0 aromatic heterocycles. The maximum Gasteiger partial charge on any atom is 0.306 e. The summed E-state index contributed by atoms with van der Waals surface area (Å²) in [5.74, 6) is -0.959. The smallest absolute Gasteiger partial charge is 0.306 e. The Morgan fingerprint density at radius 2 is 0.549 bits per heavy atom. The van der Waals surface area contributed by atoms with Crippen molar-refractivity contribution in [1.29, 1.82) is 0 Å². The number of rotatable bonds is 52. The molecule has 0 unspecified atom stereocenters. The summed E-state index contributed by atoms with van der Waals surface area (Å²) in [4.78, 5) is 38.2. The molecule has 0 heterocycles. The van der Waals surface area contributed by atoms with E-state index in [0.717, 1.165) is 122 Å². The van der Waals surface area contributed by atoms with Crippen molar-refractivity contribution < 1.29 is 28.6 Å². The monoisotopic (exact) mass is 985 g/mol. The van der Waals surface area contributed by atoms with Crippen LogP contribution in [-0.4, -0.2) is 37.2 Å². The van der Waals surface area contributed by atoms with Gasteiger partial charge in [0.25, 0.3) is 0 Å². The van der Waals surface area contributed by atoms with Gasteiger partial charge in [-0.05, 0) is 128 Å². The van der Waals surface area contributed by atoms with E-state index in [0.29, 0.717) is 19.3 Å². The maximum absolute atomic E-state index is 12.9.